The van der Waals surface area contributed by atoms with Crippen LogP contribution in [-0.2, 0) is 33.3 Å². The number of hydrogen-bond acceptors (Lipinski definition) is 20. The highest BCUT2D eigenvalue weighted by atomic mass is 16.7. The van der Waals surface area contributed by atoms with Crippen LogP contribution in [0, 0.1) is 11.8 Å². The van der Waals surface area contributed by atoms with Crippen LogP contribution >= 0.6 is 0 Å². The Morgan fingerprint density at radius 3 is 1.91 bits per heavy atom. The molecule has 0 aromatic heterocycles. The number of amides is 3. The van der Waals surface area contributed by atoms with Gasteiger partial charge in [-0.15, -0.1) is 0 Å². The Morgan fingerprint density at radius 1 is 0.724 bits per heavy atom. The molecule has 2 saturated heterocycles. The number of carbonyl (C=O) groups is 4. The minimum Gasteiger partial charge on any atom is -0.479 e. The zero-order valence-electron chi connectivity index (χ0n) is 43.3. The van der Waals surface area contributed by atoms with E-state index in [2.05, 4.69) is 5.32 Å². The fraction of sp³-hybridized carbons (Fsp3) is 0.654. The van der Waals surface area contributed by atoms with E-state index in [1.807, 2.05) is 23.9 Å². The number of ether oxygens (including phenoxy) is 4. The van der Waals surface area contributed by atoms with Crippen LogP contribution in [-0.4, -0.2) is 195 Å². The molecule has 3 amide bonds. The Kier molecular flexibility index (Phi) is 28.3. The summed E-state index contributed by atoms with van der Waals surface area (Å²) in [5.74, 6) is -6.68. The van der Waals surface area contributed by atoms with Crippen LogP contribution in [0.1, 0.15) is 91.9 Å². The summed E-state index contributed by atoms with van der Waals surface area (Å²) in [6.07, 6.45) is -0.110. The third kappa shape index (κ3) is 22.7. The van der Waals surface area contributed by atoms with Crippen LogP contribution in [0.4, 0.5) is 4.79 Å². The van der Waals surface area contributed by atoms with Crippen molar-refractivity contribution < 1.29 is 99.4 Å². The molecule has 0 radical (unpaired) electrons. The van der Waals surface area contributed by atoms with Crippen molar-refractivity contribution in [3.63, 3.8) is 0 Å². The number of hydrogen-bond donors (Lipinski definition) is 16. The molecular formula is C52H82N4O20. The molecule has 3 aliphatic rings. The zero-order chi connectivity index (χ0) is 56.7. The topological polar surface area (TPSA) is 410 Å². The molecular weight excluding hydrogens is 1000 g/mol. The Bertz CT molecular complexity index is 2020. The average Bonchev–Trinajstić information content (AvgIpc) is 3.34. The second kappa shape index (κ2) is 32.9. The number of aliphatic carboxylic acids is 1. The van der Waals surface area contributed by atoms with E-state index in [0.29, 0.717) is 6.42 Å². The molecule has 0 unspecified atom stereocenters. The number of aliphatic hydroxyl groups excluding tert-OH is 10. The summed E-state index contributed by atoms with van der Waals surface area (Å²) in [5, 5.41) is 131. The molecule has 2 bridgehead atoms. The largest absolute Gasteiger partial charge is 0.479 e. The predicted octanol–water partition coefficient (Wildman–Crippen LogP) is -1.06. The van der Waals surface area contributed by atoms with E-state index in [0.717, 1.165) is 0 Å². The van der Waals surface area contributed by atoms with E-state index in [9.17, 15) is 75.3 Å². The number of cyclic esters (lactones) is 1. The number of urea groups is 1. The van der Waals surface area contributed by atoms with Gasteiger partial charge in [0.2, 0.25) is 5.91 Å². The van der Waals surface area contributed by atoms with Gasteiger partial charge in [0.1, 0.15) is 12.2 Å². The highest BCUT2D eigenvalue weighted by Crippen LogP contribution is 2.35. The first kappa shape index (κ1) is 65.5. The fourth-order valence-corrected chi connectivity index (χ4v) is 8.72. The van der Waals surface area contributed by atoms with E-state index >= 15 is 0 Å². The van der Waals surface area contributed by atoms with Gasteiger partial charge in [0.15, 0.2) is 18.2 Å². The monoisotopic (exact) mass is 1080 g/mol. The number of esters is 1. The van der Waals surface area contributed by atoms with Crippen LogP contribution in [0.15, 0.2) is 85.1 Å². The van der Waals surface area contributed by atoms with Crippen molar-refractivity contribution in [2.24, 2.45) is 17.6 Å². The number of hydrazine groups is 1. The van der Waals surface area contributed by atoms with E-state index < -0.39 is 172 Å². The molecule has 76 heavy (non-hydrogen) atoms. The fourth-order valence-electron chi connectivity index (χ4n) is 8.72. The zero-order valence-corrected chi connectivity index (χ0v) is 43.3. The molecule has 24 nitrogen and oxygen atoms in total. The maximum Gasteiger partial charge on any atom is 0.333 e. The molecule has 2 fully saturated rings. The van der Waals surface area contributed by atoms with Crippen molar-refractivity contribution >= 4 is 23.9 Å². The van der Waals surface area contributed by atoms with Crippen LogP contribution < -0.4 is 21.9 Å². The Morgan fingerprint density at radius 2 is 1.32 bits per heavy atom. The molecule has 0 aromatic rings. The Labute approximate surface area is 442 Å². The highest BCUT2D eigenvalue weighted by molar-refractivity contribution is 5.85. The molecule has 0 spiro atoms. The normalized spacial score (nSPS) is 40.8. The van der Waals surface area contributed by atoms with Gasteiger partial charge < -0.3 is 91.3 Å². The van der Waals surface area contributed by atoms with Gasteiger partial charge in [-0.3, -0.25) is 15.0 Å². The first-order valence-electron chi connectivity index (χ1n) is 25.6. The number of carboxylic acids is 1. The van der Waals surface area contributed by atoms with Crippen molar-refractivity contribution in [2.75, 3.05) is 0 Å². The summed E-state index contributed by atoms with van der Waals surface area (Å²) in [4.78, 5) is 49.1. The first-order chi connectivity index (χ1) is 35.8. The summed E-state index contributed by atoms with van der Waals surface area (Å²) in [6.45, 7) is 6.81. The van der Waals surface area contributed by atoms with E-state index in [1.54, 1.807) is 86.8 Å². The lowest BCUT2D eigenvalue weighted by molar-refractivity contribution is -0.303. The van der Waals surface area contributed by atoms with Gasteiger partial charge in [0.25, 0.3) is 0 Å². The number of rotatable bonds is 7. The lowest BCUT2D eigenvalue weighted by atomic mass is 9.87. The number of aliphatic hydroxyl groups is 11. The molecule has 0 aliphatic carbocycles. The quantitative estimate of drug-likeness (QED) is 0.107. The molecule has 24 heteroatoms. The lowest BCUT2D eigenvalue weighted by Crippen LogP contribution is -2.64. The van der Waals surface area contributed by atoms with E-state index in [1.165, 1.54) is 13.0 Å². The van der Waals surface area contributed by atoms with Gasteiger partial charge in [0.05, 0.1) is 92.1 Å². The van der Waals surface area contributed by atoms with Crippen LogP contribution in [0.2, 0.25) is 0 Å². The van der Waals surface area contributed by atoms with E-state index in [-0.39, 0.29) is 31.6 Å². The van der Waals surface area contributed by atoms with Crippen molar-refractivity contribution in [2.45, 2.75) is 202 Å². The lowest BCUT2D eigenvalue weighted by Gasteiger charge is -2.46. The third-order valence-corrected chi connectivity index (χ3v) is 13.3. The molecule has 0 saturated carbocycles. The average molecular weight is 1080 g/mol. The standard InChI is InChI=1S/C52H82N4O20/c1-5-32-18-16-14-12-10-8-6-7-9-11-13-15-17-19-36(75-50-48(68)44(53)47(67)31(4)74-50)25-41-45(54-51(71)56-55-42(64)26-39(62)49(69)70)40(63)28-52(72,76-41)27-35(59)23-38(61)37(60)21-20-33(57)22-34(58)24-43(65)73-30(3)29(2)46(32)66/h6-19,29-41,44-48,50,57-63,66-68,72H,5,20-28,53H2,1-4H3,(H,55,64)(H,69,70)(H2,54,56,71)/b7-6+,10-8+,11-9+,14-12+,15-13+,18-16+,19-17+/t29-,30-,31+,32-,33+,34+,35-,36-,37+,38+,39+,40-,41-,44-,45+,46-,47+,48-,50-,52+/m0/s1. The van der Waals surface area contributed by atoms with Gasteiger partial charge in [0, 0.05) is 37.5 Å². The molecule has 430 valence electrons. The summed E-state index contributed by atoms with van der Waals surface area (Å²) in [5.41, 5.74) is 9.97. The van der Waals surface area contributed by atoms with Gasteiger partial charge in [-0.1, -0.05) is 98.9 Å². The SMILES string of the molecule is CC[C@H]1/C=C/C=C/C=C/C=C/C=C/C=C/C=C/[C@H](O[C@@H]2O[C@H](C)[C@@H](O)[C@H](N)[C@@H]2O)C[C@@H]2O[C@](O)(C[C@@H](O)C[C@@H](O)[C@H](O)CC[C@@H](O)C[C@@H](O)CC(=O)O[C@@H](C)[C@H](C)[C@@H]1O)C[C@H](O)[C@H]2NC(=O)NNC(=O)C[C@@H](O)C(=O)O. The van der Waals surface area contributed by atoms with Crippen LogP contribution in [0.5, 0.6) is 0 Å². The maximum atomic E-state index is 13.1. The number of nitrogens with two attached hydrogens (primary N) is 1. The van der Waals surface area contributed by atoms with Gasteiger partial charge in [-0.05, 0) is 39.5 Å². The Hall–Kier alpha value is -4.74. The van der Waals surface area contributed by atoms with Gasteiger partial charge >= 0.3 is 18.0 Å². The van der Waals surface area contributed by atoms with Gasteiger partial charge in [-0.2, -0.15) is 0 Å². The minimum absolute atomic E-state index is 0.149. The van der Waals surface area contributed by atoms with Crippen molar-refractivity contribution in [3.05, 3.63) is 85.1 Å². The summed E-state index contributed by atoms with van der Waals surface area (Å²) in [6, 6.07) is -3.82. The van der Waals surface area contributed by atoms with E-state index in [4.69, 9.17) is 29.8 Å². The number of nitrogens with one attached hydrogen (secondary N) is 3. The molecule has 3 rings (SSSR count). The summed E-state index contributed by atoms with van der Waals surface area (Å²) in [7, 11) is 0. The second-order valence-corrected chi connectivity index (χ2v) is 19.6. The van der Waals surface area contributed by atoms with Crippen molar-refractivity contribution in [1.29, 1.82) is 0 Å². The summed E-state index contributed by atoms with van der Waals surface area (Å²) < 4.78 is 23.6. The Balaban J connectivity index is 1.96. The number of carboxylic acid groups (broad SMARTS) is 1. The van der Waals surface area contributed by atoms with Crippen molar-refractivity contribution in [3.8, 4) is 0 Å². The maximum absolute atomic E-state index is 13.1. The van der Waals surface area contributed by atoms with Gasteiger partial charge in [-0.25, -0.2) is 15.0 Å². The minimum atomic E-state index is -2.41. The number of carbonyl (C=O) groups excluding carboxylic acids is 3. The predicted molar refractivity (Wildman–Crippen MR) is 272 cm³/mol. The third-order valence-electron chi connectivity index (χ3n) is 13.3. The molecule has 3 aliphatic heterocycles. The molecule has 20 atom stereocenters. The van der Waals surface area contributed by atoms with Crippen LogP contribution in [0.3, 0.4) is 0 Å². The summed E-state index contributed by atoms with van der Waals surface area (Å²) >= 11 is 0. The number of fused-ring (bicyclic) bond motifs is 2. The second-order valence-electron chi connectivity index (χ2n) is 19.6. The number of allylic oxidation sites excluding steroid dienone is 12. The smallest absolute Gasteiger partial charge is 0.333 e. The molecule has 0 aromatic carbocycles. The molecule has 3 heterocycles. The first-order valence-corrected chi connectivity index (χ1v) is 25.6. The highest BCUT2D eigenvalue weighted by Gasteiger charge is 2.49. The molecule has 17 N–H and O–H groups in total. The van der Waals surface area contributed by atoms with Crippen LogP contribution in [0.25, 0.3) is 0 Å². The van der Waals surface area contributed by atoms with Crippen molar-refractivity contribution in [1.82, 2.24) is 16.2 Å².